The van der Waals surface area contributed by atoms with Gasteiger partial charge in [-0.05, 0) is 26.0 Å². The maximum atomic E-state index is 12.2. The molecule has 0 radical (unpaired) electrons. The average molecular weight is 325 g/mol. The minimum absolute atomic E-state index is 0.0812. The van der Waals surface area contributed by atoms with Gasteiger partial charge in [-0.2, -0.15) is 0 Å². The Morgan fingerprint density at radius 3 is 2.37 bits per heavy atom. The van der Waals surface area contributed by atoms with Gasteiger partial charge in [0.1, 0.15) is 5.76 Å². The summed E-state index contributed by atoms with van der Waals surface area (Å²) in [6.45, 7) is 7.42. The van der Waals surface area contributed by atoms with Crippen LogP contribution in [-0.2, 0) is 18.1 Å². The highest BCUT2D eigenvalue weighted by molar-refractivity contribution is 7.48. The first-order valence-corrected chi connectivity index (χ1v) is 7.87. The topological polar surface area (TPSA) is 44.8 Å². The highest BCUT2D eigenvalue weighted by Crippen LogP contribution is 2.53. The van der Waals surface area contributed by atoms with Crippen LogP contribution < -0.4 is 0 Å². The van der Waals surface area contributed by atoms with Crippen molar-refractivity contribution in [3.8, 4) is 0 Å². The van der Waals surface area contributed by atoms with Crippen LogP contribution in [0.25, 0.3) is 5.76 Å². The monoisotopic (exact) mass is 324 g/mol. The van der Waals surface area contributed by atoms with Gasteiger partial charge in [0.15, 0.2) is 0 Å². The minimum Gasteiger partial charge on any atom is -0.404 e. The third-order valence-corrected chi connectivity index (χ3v) is 4.46. The maximum absolute atomic E-state index is 12.2. The van der Waals surface area contributed by atoms with Gasteiger partial charge in [0.05, 0.1) is 23.3 Å². The molecule has 0 aliphatic carbocycles. The van der Waals surface area contributed by atoms with E-state index in [1.807, 2.05) is 0 Å². The minimum atomic E-state index is -3.68. The van der Waals surface area contributed by atoms with Crippen molar-refractivity contribution in [1.29, 1.82) is 0 Å². The van der Waals surface area contributed by atoms with Crippen molar-refractivity contribution < 1.29 is 18.1 Å². The van der Waals surface area contributed by atoms with Crippen LogP contribution >= 0.6 is 31.0 Å². The van der Waals surface area contributed by atoms with Crippen molar-refractivity contribution in [2.45, 2.75) is 13.8 Å². The van der Waals surface area contributed by atoms with E-state index in [9.17, 15) is 4.57 Å². The van der Waals surface area contributed by atoms with Gasteiger partial charge >= 0.3 is 7.82 Å². The number of benzene rings is 1. The smallest absolute Gasteiger partial charge is 0.404 e. The van der Waals surface area contributed by atoms with E-state index in [0.29, 0.717) is 10.6 Å². The number of halogens is 2. The van der Waals surface area contributed by atoms with E-state index in [-0.39, 0.29) is 24.0 Å². The summed E-state index contributed by atoms with van der Waals surface area (Å²) in [4.78, 5) is 0. The quantitative estimate of drug-likeness (QED) is 0.513. The van der Waals surface area contributed by atoms with E-state index in [1.54, 1.807) is 32.0 Å². The Morgan fingerprint density at radius 2 is 1.84 bits per heavy atom. The predicted octanol–water partition coefficient (Wildman–Crippen LogP) is 5.16. The Labute approximate surface area is 122 Å². The molecule has 7 heteroatoms. The summed E-state index contributed by atoms with van der Waals surface area (Å²) < 4.78 is 27.4. The number of phosphoric acid groups is 1. The zero-order chi connectivity index (χ0) is 14.5. The van der Waals surface area contributed by atoms with Crippen LogP contribution in [0.15, 0.2) is 24.8 Å². The molecule has 1 aromatic rings. The van der Waals surface area contributed by atoms with Crippen molar-refractivity contribution in [2.24, 2.45) is 0 Å². The van der Waals surface area contributed by atoms with Crippen LogP contribution in [-0.4, -0.2) is 13.2 Å². The highest BCUT2D eigenvalue weighted by Gasteiger charge is 2.28. The van der Waals surface area contributed by atoms with Gasteiger partial charge < -0.3 is 4.52 Å². The van der Waals surface area contributed by atoms with Gasteiger partial charge in [-0.1, -0.05) is 35.8 Å². The fraction of sp³-hybridized carbons (Fsp3) is 0.333. The van der Waals surface area contributed by atoms with Gasteiger partial charge in [0.2, 0.25) is 0 Å². The molecule has 1 aromatic carbocycles. The van der Waals surface area contributed by atoms with Gasteiger partial charge in [-0.25, -0.2) is 4.57 Å². The van der Waals surface area contributed by atoms with Gasteiger partial charge in [0, 0.05) is 5.56 Å². The van der Waals surface area contributed by atoms with Gasteiger partial charge in [0.25, 0.3) is 0 Å². The Balaban J connectivity index is 2.94. The Kier molecular flexibility index (Phi) is 6.37. The molecule has 0 fully saturated rings. The first kappa shape index (κ1) is 16.5. The molecule has 0 aliphatic heterocycles. The molecule has 0 N–H and O–H groups in total. The summed E-state index contributed by atoms with van der Waals surface area (Å²) in [5, 5.41) is 0.625. The number of hydrogen-bond acceptors (Lipinski definition) is 4. The molecule has 0 amide bonds. The summed E-state index contributed by atoms with van der Waals surface area (Å²) in [5.41, 5.74) is 0.439. The third kappa shape index (κ3) is 4.51. The SMILES string of the molecule is C=C(OP(=O)(OCC)OCC)c1cccc(Cl)c1Cl. The zero-order valence-corrected chi connectivity index (χ0v) is 13.1. The van der Waals surface area contributed by atoms with Crippen molar-refractivity contribution in [3.63, 3.8) is 0 Å². The van der Waals surface area contributed by atoms with E-state index < -0.39 is 7.82 Å². The lowest BCUT2D eigenvalue weighted by molar-refractivity contribution is 0.159. The molecule has 0 spiro atoms. The molecule has 0 heterocycles. The summed E-state index contributed by atoms with van der Waals surface area (Å²) in [6.07, 6.45) is 0. The Bertz CT molecular complexity index is 495. The normalized spacial score (nSPS) is 11.4. The second-order valence-electron chi connectivity index (χ2n) is 3.40. The molecule has 0 atom stereocenters. The lowest BCUT2D eigenvalue weighted by Gasteiger charge is -2.19. The molecule has 106 valence electrons. The molecule has 0 saturated heterocycles. The number of hydrogen-bond donors (Lipinski definition) is 0. The van der Waals surface area contributed by atoms with Crippen molar-refractivity contribution in [2.75, 3.05) is 13.2 Å². The first-order chi connectivity index (χ1) is 8.93. The fourth-order valence-corrected chi connectivity index (χ4v) is 2.90. The van der Waals surface area contributed by atoms with E-state index >= 15 is 0 Å². The van der Waals surface area contributed by atoms with Crippen LogP contribution in [0, 0.1) is 0 Å². The number of rotatable bonds is 7. The molecule has 1 rings (SSSR count). The molecule has 0 aliphatic rings. The lowest BCUT2D eigenvalue weighted by atomic mass is 10.2. The summed E-state index contributed by atoms with van der Waals surface area (Å²) >= 11 is 11.9. The van der Waals surface area contributed by atoms with Crippen molar-refractivity contribution in [1.82, 2.24) is 0 Å². The van der Waals surface area contributed by atoms with Crippen LogP contribution in [0.4, 0.5) is 0 Å². The van der Waals surface area contributed by atoms with Crippen LogP contribution in [0.3, 0.4) is 0 Å². The lowest BCUT2D eigenvalue weighted by Crippen LogP contribution is -2.00. The third-order valence-electron chi connectivity index (χ3n) is 2.05. The van der Waals surface area contributed by atoms with E-state index in [0.717, 1.165) is 0 Å². The highest BCUT2D eigenvalue weighted by atomic mass is 35.5. The summed E-state index contributed by atoms with van der Waals surface area (Å²) in [6, 6.07) is 4.97. The van der Waals surface area contributed by atoms with Crippen LogP contribution in [0.1, 0.15) is 19.4 Å². The van der Waals surface area contributed by atoms with Crippen LogP contribution in [0.2, 0.25) is 10.0 Å². The molecular weight excluding hydrogens is 310 g/mol. The largest absolute Gasteiger partial charge is 0.530 e. The molecule has 0 aromatic heterocycles. The Morgan fingerprint density at radius 1 is 1.26 bits per heavy atom. The Hall–Kier alpha value is -0.510. The van der Waals surface area contributed by atoms with E-state index in [2.05, 4.69) is 6.58 Å². The molecule has 0 bridgehead atoms. The second kappa shape index (κ2) is 7.32. The van der Waals surface area contributed by atoms with Gasteiger partial charge in [-0.3, -0.25) is 9.05 Å². The number of phosphoric ester groups is 1. The van der Waals surface area contributed by atoms with Crippen molar-refractivity contribution >= 4 is 36.8 Å². The molecule has 0 unspecified atom stereocenters. The van der Waals surface area contributed by atoms with Crippen LogP contribution in [0.5, 0.6) is 0 Å². The standard InChI is InChI=1S/C12H15Cl2O4P/c1-4-16-19(15,17-5-2)18-9(3)10-7-6-8-11(13)12(10)14/h6-8H,3-5H2,1-2H3. The average Bonchev–Trinajstić information content (AvgIpc) is 2.32. The zero-order valence-electron chi connectivity index (χ0n) is 10.7. The molecule has 0 saturated carbocycles. The van der Waals surface area contributed by atoms with E-state index in [4.69, 9.17) is 36.8 Å². The van der Waals surface area contributed by atoms with E-state index in [1.165, 1.54) is 0 Å². The first-order valence-electron chi connectivity index (χ1n) is 5.65. The molecular formula is C12H15Cl2O4P. The van der Waals surface area contributed by atoms with Gasteiger partial charge in [-0.15, -0.1) is 0 Å². The fourth-order valence-electron chi connectivity index (χ4n) is 1.31. The molecule has 19 heavy (non-hydrogen) atoms. The predicted molar refractivity (Wildman–Crippen MR) is 77.4 cm³/mol. The maximum Gasteiger partial charge on any atom is 0.530 e. The molecule has 4 nitrogen and oxygen atoms in total. The second-order valence-corrected chi connectivity index (χ2v) is 5.78. The van der Waals surface area contributed by atoms with Crippen molar-refractivity contribution in [3.05, 3.63) is 40.4 Å². The summed E-state index contributed by atoms with van der Waals surface area (Å²) in [7, 11) is -3.68. The summed E-state index contributed by atoms with van der Waals surface area (Å²) in [5.74, 6) is 0.0812.